The van der Waals surface area contributed by atoms with Gasteiger partial charge in [0.15, 0.2) is 0 Å². The second kappa shape index (κ2) is 5.49. The van der Waals surface area contributed by atoms with Gasteiger partial charge in [0.2, 0.25) is 0 Å². The first-order chi connectivity index (χ1) is 8.76. The van der Waals surface area contributed by atoms with Gasteiger partial charge in [-0.15, -0.1) is 0 Å². The van der Waals surface area contributed by atoms with Crippen molar-refractivity contribution in [1.29, 1.82) is 0 Å². The summed E-state index contributed by atoms with van der Waals surface area (Å²) in [5, 5.41) is 0. The molecule has 4 heteroatoms. The van der Waals surface area contributed by atoms with Crippen molar-refractivity contribution in [2.75, 3.05) is 13.1 Å². The third-order valence-electron chi connectivity index (χ3n) is 2.95. The molecule has 0 unspecified atom stereocenters. The molecule has 2 rings (SSSR count). The number of carbonyl (C=O) groups is 1. The van der Waals surface area contributed by atoms with Crippen molar-refractivity contribution in [2.24, 2.45) is 0 Å². The van der Waals surface area contributed by atoms with Crippen LogP contribution < -0.4 is 0 Å². The molecule has 18 heavy (non-hydrogen) atoms. The van der Waals surface area contributed by atoms with Gasteiger partial charge in [-0.25, -0.2) is 4.98 Å². The predicted molar refractivity (Wildman–Crippen MR) is 71.3 cm³/mol. The van der Waals surface area contributed by atoms with Crippen LogP contribution in [0.2, 0.25) is 0 Å². The van der Waals surface area contributed by atoms with E-state index in [4.69, 9.17) is 0 Å². The number of benzene rings is 1. The molecule has 0 aliphatic rings. The first-order valence-corrected chi connectivity index (χ1v) is 6.15. The highest BCUT2D eigenvalue weighted by atomic mass is 16.2. The number of imidazole rings is 1. The standard InChI is InChI=1S/C14H17N3O/c1-3-17(4-2)14(18)12-7-5-11(6-8-12)13-15-9-10-16-13/h5-10H,3-4H2,1-2H3,(H,15,16). The summed E-state index contributed by atoms with van der Waals surface area (Å²) < 4.78 is 0. The van der Waals surface area contributed by atoms with E-state index in [1.165, 1.54) is 0 Å². The average Bonchev–Trinajstić information content (AvgIpc) is 2.94. The highest BCUT2D eigenvalue weighted by Gasteiger charge is 2.12. The lowest BCUT2D eigenvalue weighted by Crippen LogP contribution is -2.30. The number of carbonyl (C=O) groups excluding carboxylic acids is 1. The normalized spacial score (nSPS) is 10.3. The van der Waals surface area contributed by atoms with Crippen LogP contribution in [0.1, 0.15) is 24.2 Å². The Balaban J connectivity index is 2.20. The Morgan fingerprint density at radius 2 is 1.89 bits per heavy atom. The number of rotatable bonds is 4. The van der Waals surface area contributed by atoms with Gasteiger partial charge in [0, 0.05) is 36.6 Å². The quantitative estimate of drug-likeness (QED) is 0.897. The molecule has 1 N–H and O–H groups in total. The number of H-pyrrole nitrogens is 1. The van der Waals surface area contributed by atoms with E-state index in [0.29, 0.717) is 5.56 Å². The summed E-state index contributed by atoms with van der Waals surface area (Å²) in [6, 6.07) is 7.52. The van der Waals surface area contributed by atoms with Crippen molar-refractivity contribution in [3.05, 3.63) is 42.2 Å². The van der Waals surface area contributed by atoms with Crippen LogP contribution in [0.5, 0.6) is 0 Å². The fourth-order valence-electron chi connectivity index (χ4n) is 1.89. The van der Waals surface area contributed by atoms with E-state index < -0.39 is 0 Å². The zero-order valence-electron chi connectivity index (χ0n) is 10.7. The first-order valence-electron chi connectivity index (χ1n) is 6.15. The Hall–Kier alpha value is -2.10. The van der Waals surface area contributed by atoms with Gasteiger partial charge >= 0.3 is 0 Å². The highest BCUT2D eigenvalue weighted by Crippen LogP contribution is 2.16. The topological polar surface area (TPSA) is 49.0 Å². The van der Waals surface area contributed by atoms with Crippen molar-refractivity contribution in [1.82, 2.24) is 14.9 Å². The van der Waals surface area contributed by atoms with Crippen molar-refractivity contribution in [3.63, 3.8) is 0 Å². The third kappa shape index (κ3) is 2.42. The van der Waals surface area contributed by atoms with Crippen LogP contribution in [-0.4, -0.2) is 33.9 Å². The Labute approximate surface area is 107 Å². The van der Waals surface area contributed by atoms with Gasteiger partial charge in [-0.05, 0) is 26.0 Å². The molecule has 0 spiro atoms. The number of hydrogen-bond donors (Lipinski definition) is 1. The maximum absolute atomic E-state index is 12.1. The summed E-state index contributed by atoms with van der Waals surface area (Å²) in [5.41, 5.74) is 1.70. The smallest absolute Gasteiger partial charge is 0.253 e. The van der Waals surface area contributed by atoms with Crippen LogP contribution in [0.4, 0.5) is 0 Å². The van der Waals surface area contributed by atoms with Crippen molar-refractivity contribution in [3.8, 4) is 11.4 Å². The molecule has 1 amide bonds. The zero-order chi connectivity index (χ0) is 13.0. The maximum Gasteiger partial charge on any atom is 0.253 e. The van der Waals surface area contributed by atoms with Gasteiger partial charge in [-0.1, -0.05) is 12.1 Å². The fourth-order valence-corrected chi connectivity index (χ4v) is 1.89. The Morgan fingerprint density at radius 1 is 1.22 bits per heavy atom. The highest BCUT2D eigenvalue weighted by molar-refractivity contribution is 5.94. The number of amides is 1. The van der Waals surface area contributed by atoms with Crippen LogP contribution in [-0.2, 0) is 0 Å². The minimum Gasteiger partial charge on any atom is -0.345 e. The van der Waals surface area contributed by atoms with E-state index in [-0.39, 0.29) is 5.91 Å². The second-order valence-electron chi connectivity index (χ2n) is 3.99. The number of hydrogen-bond acceptors (Lipinski definition) is 2. The van der Waals surface area contributed by atoms with Gasteiger partial charge in [0.1, 0.15) is 5.82 Å². The average molecular weight is 243 g/mol. The number of nitrogens with zero attached hydrogens (tertiary/aromatic N) is 2. The second-order valence-corrected chi connectivity index (χ2v) is 3.99. The molecule has 1 aromatic carbocycles. The molecule has 0 saturated carbocycles. The molecule has 0 saturated heterocycles. The van der Waals surface area contributed by atoms with E-state index in [1.54, 1.807) is 12.4 Å². The summed E-state index contributed by atoms with van der Waals surface area (Å²) in [6.07, 6.45) is 3.49. The molecule has 0 bridgehead atoms. The molecular formula is C14H17N3O. The van der Waals surface area contributed by atoms with Crippen LogP contribution >= 0.6 is 0 Å². The molecule has 0 fully saturated rings. The van der Waals surface area contributed by atoms with Crippen molar-refractivity contribution >= 4 is 5.91 Å². The van der Waals surface area contributed by atoms with Crippen LogP contribution in [0.3, 0.4) is 0 Å². The van der Waals surface area contributed by atoms with Crippen molar-refractivity contribution in [2.45, 2.75) is 13.8 Å². The molecule has 1 aromatic heterocycles. The summed E-state index contributed by atoms with van der Waals surface area (Å²) in [6.45, 7) is 5.43. The van der Waals surface area contributed by atoms with Gasteiger partial charge in [-0.2, -0.15) is 0 Å². The Kier molecular flexibility index (Phi) is 3.77. The Morgan fingerprint density at radius 3 is 2.39 bits per heavy atom. The van der Waals surface area contributed by atoms with Gasteiger partial charge in [0.25, 0.3) is 5.91 Å². The molecule has 0 atom stereocenters. The lowest BCUT2D eigenvalue weighted by atomic mass is 10.1. The molecule has 0 radical (unpaired) electrons. The summed E-state index contributed by atoms with van der Waals surface area (Å²) >= 11 is 0. The molecule has 2 aromatic rings. The lowest BCUT2D eigenvalue weighted by molar-refractivity contribution is 0.0773. The molecular weight excluding hydrogens is 226 g/mol. The van der Waals surface area contributed by atoms with Crippen LogP contribution in [0, 0.1) is 0 Å². The lowest BCUT2D eigenvalue weighted by Gasteiger charge is -2.18. The molecule has 4 nitrogen and oxygen atoms in total. The third-order valence-corrected chi connectivity index (χ3v) is 2.95. The zero-order valence-corrected chi connectivity index (χ0v) is 10.7. The van der Waals surface area contributed by atoms with E-state index in [0.717, 1.165) is 24.5 Å². The summed E-state index contributed by atoms with van der Waals surface area (Å²) in [4.78, 5) is 21.1. The monoisotopic (exact) mass is 243 g/mol. The minimum absolute atomic E-state index is 0.0750. The van der Waals surface area contributed by atoms with E-state index in [9.17, 15) is 4.79 Å². The number of aromatic nitrogens is 2. The predicted octanol–water partition coefficient (Wildman–Crippen LogP) is 2.56. The van der Waals surface area contributed by atoms with Gasteiger partial charge in [-0.3, -0.25) is 4.79 Å². The van der Waals surface area contributed by atoms with E-state index >= 15 is 0 Å². The van der Waals surface area contributed by atoms with Gasteiger partial charge in [0.05, 0.1) is 0 Å². The van der Waals surface area contributed by atoms with E-state index in [2.05, 4.69) is 9.97 Å². The Bertz CT molecular complexity index is 498. The minimum atomic E-state index is 0.0750. The SMILES string of the molecule is CCN(CC)C(=O)c1ccc(-c2ncc[nH]2)cc1. The maximum atomic E-state index is 12.1. The largest absolute Gasteiger partial charge is 0.345 e. The number of nitrogens with one attached hydrogen (secondary N) is 1. The molecule has 1 heterocycles. The summed E-state index contributed by atoms with van der Waals surface area (Å²) in [7, 11) is 0. The van der Waals surface area contributed by atoms with Crippen LogP contribution in [0.15, 0.2) is 36.7 Å². The van der Waals surface area contributed by atoms with Crippen molar-refractivity contribution < 1.29 is 4.79 Å². The summed E-state index contributed by atoms with van der Waals surface area (Å²) in [5.74, 6) is 0.892. The molecule has 0 aliphatic heterocycles. The first kappa shape index (κ1) is 12.4. The van der Waals surface area contributed by atoms with E-state index in [1.807, 2.05) is 43.0 Å². The van der Waals surface area contributed by atoms with Crippen LogP contribution in [0.25, 0.3) is 11.4 Å². The molecule has 0 aliphatic carbocycles. The van der Waals surface area contributed by atoms with Gasteiger partial charge < -0.3 is 9.88 Å². The molecule has 94 valence electrons. The number of aromatic amines is 1. The fraction of sp³-hybridized carbons (Fsp3) is 0.286.